The zero-order valence-corrected chi connectivity index (χ0v) is 11.5. The first kappa shape index (κ1) is 15.2. The van der Waals surface area contributed by atoms with Crippen molar-refractivity contribution in [3.63, 3.8) is 0 Å². The number of hydrogen-bond acceptors (Lipinski definition) is 4. The average molecular weight is 258 g/mol. The van der Waals surface area contributed by atoms with Crippen LogP contribution in [-0.2, 0) is 4.74 Å². The number of nitrogens with one attached hydrogen (secondary N) is 1. The van der Waals surface area contributed by atoms with E-state index in [0.717, 1.165) is 38.9 Å². The molecule has 5 nitrogen and oxygen atoms in total. The lowest BCUT2D eigenvalue weighted by Gasteiger charge is -2.37. The lowest BCUT2D eigenvalue weighted by molar-refractivity contribution is 0.107. The third kappa shape index (κ3) is 5.23. The molecule has 1 heterocycles. The molecule has 0 bridgehead atoms. The minimum absolute atomic E-state index is 0.140. The number of likely N-dealkylation sites (tertiary alicyclic amines) is 1. The van der Waals surface area contributed by atoms with Gasteiger partial charge < -0.3 is 20.1 Å². The molecule has 0 saturated carbocycles. The number of piperidine rings is 1. The summed E-state index contributed by atoms with van der Waals surface area (Å²) in [6.07, 6.45) is 2.52. The van der Waals surface area contributed by atoms with Gasteiger partial charge in [0.2, 0.25) is 0 Å². The lowest BCUT2D eigenvalue weighted by Crippen LogP contribution is -2.51. The molecule has 0 aliphatic carbocycles. The van der Waals surface area contributed by atoms with Gasteiger partial charge in [-0.25, -0.2) is 4.79 Å². The molecule has 0 aromatic heterocycles. The summed E-state index contributed by atoms with van der Waals surface area (Å²) in [7, 11) is 0. The summed E-state index contributed by atoms with van der Waals surface area (Å²) in [6.45, 7) is 7.53. The fourth-order valence-corrected chi connectivity index (χ4v) is 2.64. The Labute approximate surface area is 109 Å². The SMILES string of the molecule is CCCN1CC(CCO)CC(NC(=O)OCC)C1. The van der Waals surface area contributed by atoms with Crippen molar-refractivity contribution in [2.75, 3.05) is 32.8 Å². The van der Waals surface area contributed by atoms with E-state index in [9.17, 15) is 4.79 Å². The molecule has 1 aliphatic heterocycles. The molecule has 1 aliphatic rings. The molecule has 1 amide bonds. The topological polar surface area (TPSA) is 61.8 Å². The van der Waals surface area contributed by atoms with Crippen molar-refractivity contribution in [2.45, 2.75) is 39.2 Å². The van der Waals surface area contributed by atoms with Crippen LogP contribution < -0.4 is 5.32 Å². The van der Waals surface area contributed by atoms with E-state index in [1.807, 2.05) is 0 Å². The fourth-order valence-electron chi connectivity index (χ4n) is 2.64. The summed E-state index contributed by atoms with van der Waals surface area (Å²) in [5.74, 6) is 0.460. The van der Waals surface area contributed by atoms with Gasteiger partial charge in [-0.05, 0) is 38.6 Å². The molecule has 0 aromatic rings. The monoisotopic (exact) mass is 258 g/mol. The number of aliphatic hydroxyl groups excluding tert-OH is 1. The van der Waals surface area contributed by atoms with E-state index in [4.69, 9.17) is 9.84 Å². The molecule has 5 heteroatoms. The Morgan fingerprint density at radius 1 is 1.44 bits per heavy atom. The Bertz CT molecular complexity index is 234. The molecule has 1 saturated heterocycles. The summed E-state index contributed by atoms with van der Waals surface area (Å²) < 4.78 is 4.92. The van der Waals surface area contributed by atoms with Crippen molar-refractivity contribution in [3.05, 3.63) is 0 Å². The standard InChI is InChI=1S/C13H26N2O3/c1-3-6-15-9-11(5-7-16)8-12(10-15)14-13(17)18-4-2/h11-12,16H,3-10H2,1-2H3,(H,14,17). The highest BCUT2D eigenvalue weighted by Gasteiger charge is 2.27. The Morgan fingerprint density at radius 3 is 2.83 bits per heavy atom. The quantitative estimate of drug-likeness (QED) is 0.752. The van der Waals surface area contributed by atoms with Gasteiger partial charge in [-0.15, -0.1) is 0 Å². The third-order valence-electron chi connectivity index (χ3n) is 3.29. The summed E-state index contributed by atoms with van der Waals surface area (Å²) in [5, 5.41) is 12.0. The highest BCUT2D eigenvalue weighted by molar-refractivity contribution is 5.67. The van der Waals surface area contributed by atoms with Crippen LogP contribution >= 0.6 is 0 Å². The predicted octanol–water partition coefficient (Wildman–Crippen LogP) is 1.22. The van der Waals surface area contributed by atoms with Crippen LogP contribution in [0, 0.1) is 5.92 Å². The number of rotatable bonds is 6. The molecule has 0 aromatic carbocycles. The summed E-state index contributed by atoms with van der Waals surface area (Å²) in [5.41, 5.74) is 0. The lowest BCUT2D eigenvalue weighted by atomic mass is 9.91. The first-order valence-corrected chi connectivity index (χ1v) is 6.96. The van der Waals surface area contributed by atoms with Gasteiger partial charge in [-0.2, -0.15) is 0 Å². The Morgan fingerprint density at radius 2 is 2.22 bits per heavy atom. The number of carbonyl (C=O) groups excluding carboxylic acids is 1. The number of amides is 1. The van der Waals surface area contributed by atoms with Gasteiger partial charge in [0, 0.05) is 25.7 Å². The van der Waals surface area contributed by atoms with Crippen LogP contribution in [-0.4, -0.2) is 55.0 Å². The van der Waals surface area contributed by atoms with Gasteiger partial charge >= 0.3 is 6.09 Å². The highest BCUT2D eigenvalue weighted by atomic mass is 16.5. The van der Waals surface area contributed by atoms with Crippen molar-refractivity contribution in [3.8, 4) is 0 Å². The maximum atomic E-state index is 11.4. The van der Waals surface area contributed by atoms with Gasteiger partial charge in [0.15, 0.2) is 0 Å². The van der Waals surface area contributed by atoms with E-state index in [-0.39, 0.29) is 18.7 Å². The molecule has 0 radical (unpaired) electrons. The van der Waals surface area contributed by atoms with Crippen LogP contribution in [0.1, 0.15) is 33.1 Å². The van der Waals surface area contributed by atoms with Crippen LogP contribution in [0.4, 0.5) is 4.79 Å². The van der Waals surface area contributed by atoms with Crippen molar-refractivity contribution in [2.24, 2.45) is 5.92 Å². The van der Waals surface area contributed by atoms with Crippen LogP contribution in [0.25, 0.3) is 0 Å². The maximum absolute atomic E-state index is 11.4. The van der Waals surface area contributed by atoms with Crippen LogP contribution in [0.2, 0.25) is 0 Å². The van der Waals surface area contributed by atoms with Gasteiger partial charge in [-0.3, -0.25) is 0 Å². The van der Waals surface area contributed by atoms with Crippen molar-refractivity contribution in [1.82, 2.24) is 10.2 Å². The number of carbonyl (C=O) groups is 1. The van der Waals surface area contributed by atoms with Crippen molar-refractivity contribution >= 4 is 6.09 Å². The Balaban J connectivity index is 2.46. The number of alkyl carbamates (subject to hydrolysis) is 1. The molecule has 2 N–H and O–H groups in total. The van der Waals surface area contributed by atoms with E-state index in [0.29, 0.717) is 12.5 Å². The number of hydrogen-bond donors (Lipinski definition) is 2. The predicted molar refractivity (Wildman–Crippen MR) is 70.5 cm³/mol. The second-order valence-electron chi connectivity index (χ2n) is 4.94. The number of nitrogens with zero attached hydrogens (tertiary/aromatic N) is 1. The number of aliphatic hydroxyl groups is 1. The zero-order valence-electron chi connectivity index (χ0n) is 11.5. The molecule has 1 fully saturated rings. The minimum Gasteiger partial charge on any atom is -0.450 e. The Kier molecular flexibility index (Phi) is 7.05. The zero-order chi connectivity index (χ0) is 13.4. The highest BCUT2D eigenvalue weighted by Crippen LogP contribution is 2.20. The first-order chi connectivity index (χ1) is 8.69. The van der Waals surface area contributed by atoms with Gasteiger partial charge in [0.25, 0.3) is 0 Å². The van der Waals surface area contributed by atoms with E-state index >= 15 is 0 Å². The summed E-state index contributed by atoms with van der Waals surface area (Å²) in [4.78, 5) is 13.8. The molecule has 106 valence electrons. The summed E-state index contributed by atoms with van der Waals surface area (Å²) in [6, 6.07) is 0.140. The van der Waals surface area contributed by atoms with Crippen LogP contribution in [0.3, 0.4) is 0 Å². The second kappa shape index (κ2) is 8.32. The van der Waals surface area contributed by atoms with Crippen molar-refractivity contribution < 1.29 is 14.6 Å². The van der Waals surface area contributed by atoms with Crippen molar-refractivity contribution in [1.29, 1.82) is 0 Å². The Hall–Kier alpha value is -0.810. The van der Waals surface area contributed by atoms with E-state index < -0.39 is 0 Å². The average Bonchev–Trinajstić information content (AvgIpc) is 2.29. The second-order valence-corrected chi connectivity index (χ2v) is 4.94. The van der Waals surface area contributed by atoms with E-state index in [1.54, 1.807) is 6.92 Å². The van der Waals surface area contributed by atoms with Gasteiger partial charge in [-0.1, -0.05) is 6.92 Å². The molecule has 2 atom stereocenters. The fraction of sp³-hybridized carbons (Fsp3) is 0.923. The smallest absolute Gasteiger partial charge is 0.407 e. The van der Waals surface area contributed by atoms with E-state index in [1.165, 1.54) is 0 Å². The third-order valence-corrected chi connectivity index (χ3v) is 3.29. The summed E-state index contributed by atoms with van der Waals surface area (Å²) >= 11 is 0. The maximum Gasteiger partial charge on any atom is 0.407 e. The van der Waals surface area contributed by atoms with Gasteiger partial charge in [0.05, 0.1) is 6.61 Å². The molecule has 18 heavy (non-hydrogen) atoms. The molecular weight excluding hydrogens is 232 g/mol. The molecule has 2 unspecified atom stereocenters. The van der Waals surface area contributed by atoms with Crippen LogP contribution in [0.5, 0.6) is 0 Å². The number of ether oxygens (including phenoxy) is 1. The molecule has 0 spiro atoms. The normalized spacial score (nSPS) is 24.8. The van der Waals surface area contributed by atoms with E-state index in [2.05, 4.69) is 17.1 Å². The molecule has 1 rings (SSSR count). The molecular formula is C13H26N2O3. The van der Waals surface area contributed by atoms with Gasteiger partial charge in [0.1, 0.15) is 0 Å². The minimum atomic E-state index is -0.330. The largest absolute Gasteiger partial charge is 0.450 e. The first-order valence-electron chi connectivity index (χ1n) is 6.96. The van der Waals surface area contributed by atoms with Crippen LogP contribution in [0.15, 0.2) is 0 Å².